The normalized spacial score (nSPS) is 11.7. The van der Waals surface area contributed by atoms with Crippen LogP contribution in [0.4, 0.5) is 0 Å². The Morgan fingerprint density at radius 1 is 0.750 bits per heavy atom. The average Bonchev–Trinajstić information content (AvgIpc) is 3.36. The van der Waals surface area contributed by atoms with Crippen LogP contribution >= 0.6 is 0 Å². The standard InChI is InChI=1S/C25H28N2O5/c1-26(2)9-11-29-19-7-5-17-15-31-24(21(17)13-19)23(28)25-22-14-20(30-12-10-27(3)4)8-6-18(22)16-32-25/h5-8,13-16H,9-12H2,1-4H3. The molecule has 0 saturated heterocycles. The van der Waals surface area contributed by atoms with Crippen molar-refractivity contribution < 1.29 is 23.1 Å². The highest BCUT2D eigenvalue weighted by Gasteiger charge is 2.23. The lowest BCUT2D eigenvalue weighted by atomic mass is 10.1. The van der Waals surface area contributed by atoms with Gasteiger partial charge in [0.2, 0.25) is 0 Å². The number of fused-ring (bicyclic) bond motifs is 2. The molecular weight excluding hydrogens is 408 g/mol. The molecule has 4 rings (SSSR count). The monoisotopic (exact) mass is 436 g/mol. The van der Waals surface area contributed by atoms with Crippen LogP contribution in [0.2, 0.25) is 0 Å². The van der Waals surface area contributed by atoms with Crippen molar-refractivity contribution in [2.75, 3.05) is 54.5 Å². The van der Waals surface area contributed by atoms with Crippen LogP contribution < -0.4 is 9.47 Å². The summed E-state index contributed by atoms with van der Waals surface area (Å²) >= 11 is 0. The maximum Gasteiger partial charge on any atom is 0.264 e. The summed E-state index contributed by atoms with van der Waals surface area (Å²) in [6.45, 7) is 2.71. The molecule has 7 heteroatoms. The molecule has 0 amide bonds. The molecule has 2 aromatic carbocycles. The minimum absolute atomic E-state index is 0.230. The summed E-state index contributed by atoms with van der Waals surface area (Å²) in [5.41, 5.74) is 0. The third-order valence-corrected chi connectivity index (χ3v) is 5.17. The number of hydrogen-bond acceptors (Lipinski definition) is 7. The molecule has 4 aromatic rings. The fourth-order valence-electron chi connectivity index (χ4n) is 3.37. The van der Waals surface area contributed by atoms with E-state index in [-0.39, 0.29) is 17.3 Å². The van der Waals surface area contributed by atoms with Crippen LogP contribution in [0, 0.1) is 0 Å². The Bertz CT molecular complexity index is 1130. The van der Waals surface area contributed by atoms with Gasteiger partial charge in [-0.05, 0) is 64.6 Å². The van der Waals surface area contributed by atoms with Crippen molar-refractivity contribution in [3.63, 3.8) is 0 Å². The van der Waals surface area contributed by atoms with E-state index in [0.29, 0.717) is 35.5 Å². The molecular formula is C25H28N2O5. The summed E-state index contributed by atoms with van der Waals surface area (Å²) in [5.74, 6) is 1.53. The zero-order chi connectivity index (χ0) is 22.7. The fourth-order valence-corrected chi connectivity index (χ4v) is 3.37. The molecule has 0 aliphatic heterocycles. The SMILES string of the molecule is CN(C)CCOc1ccc2coc(C(=O)c3occ4ccc(OCCN(C)C)cc34)c2c1. The van der Waals surface area contributed by atoms with Gasteiger partial charge in [0.25, 0.3) is 5.78 Å². The lowest BCUT2D eigenvalue weighted by molar-refractivity contribution is 0.0987. The number of nitrogens with zero attached hydrogens (tertiary/aromatic N) is 2. The van der Waals surface area contributed by atoms with Crippen molar-refractivity contribution in [3.05, 3.63) is 60.4 Å². The molecule has 0 radical (unpaired) electrons. The molecule has 0 bridgehead atoms. The maximum absolute atomic E-state index is 13.3. The minimum atomic E-state index is -0.314. The van der Waals surface area contributed by atoms with E-state index >= 15 is 0 Å². The van der Waals surface area contributed by atoms with E-state index in [0.717, 1.165) is 23.9 Å². The molecule has 2 heterocycles. The number of ketones is 1. The van der Waals surface area contributed by atoms with E-state index in [1.54, 1.807) is 12.5 Å². The zero-order valence-corrected chi connectivity index (χ0v) is 18.9. The van der Waals surface area contributed by atoms with Gasteiger partial charge in [-0.2, -0.15) is 0 Å². The molecule has 2 aromatic heterocycles. The van der Waals surface area contributed by atoms with Gasteiger partial charge in [-0.25, -0.2) is 0 Å². The molecule has 0 fully saturated rings. The Kier molecular flexibility index (Phi) is 6.48. The van der Waals surface area contributed by atoms with E-state index < -0.39 is 0 Å². The summed E-state index contributed by atoms with van der Waals surface area (Å²) in [6.07, 6.45) is 3.15. The van der Waals surface area contributed by atoms with Gasteiger partial charge in [0.15, 0.2) is 11.5 Å². The number of hydrogen-bond donors (Lipinski definition) is 0. The molecule has 0 unspecified atom stereocenters. The molecule has 0 atom stereocenters. The number of ether oxygens (including phenoxy) is 2. The lowest BCUT2D eigenvalue weighted by Gasteiger charge is -2.11. The van der Waals surface area contributed by atoms with E-state index in [2.05, 4.69) is 0 Å². The summed E-state index contributed by atoms with van der Waals surface area (Å²) in [5, 5.41) is 3.05. The van der Waals surface area contributed by atoms with Crippen LogP contribution in [0.3, 0.4) is 0 Å². The predicted octanol–water partition coefficient (Wildman–Crippen LogP) is 4.29. The Balaban J connectivity index is 1.60. The highest BCUT2D eigenvalue weighted by molar-refractivity contribution is 6.18. The van der Waals surface area contributed by atoms with Crippen molar-refractivity contribution in [2.24, 2.45) is 0 Å². The van der Waals surface area contributed by atoms with Crippen LogP contribution in [-0.4, -0.2) is 70.1 Å². The van der Waals surface area contributed by atoms with Crippen LogP contribution in [0.1, 0.15) is 16.3 Å². The second kappa shape index (κ2) is 9.46. The number of likely N-dealkylation sites (N-methyl/N-ethyl adjacent to an activating group) is 2. The third kappa shape index (κ3) is 4.79. The highest BCUT2D eigenvalue weighted by atomic mass is 16.5. The molecule has 0 N–H and O–H groups in total. The number of benzene rings is 2. The first-order valence-corrected chi connectivity index (χ1v) is 10.5. The van der Waals surface area contributed by atoms with Crippen LogP contribution in [0.5, 0.6) is 11.5 Å². The Morgan fingerprint density at radius 2 is 1.19 bits per heavy atom. The topological polar surface area (TPSA) is 68.3 Å². The van der Waals surface area contributed by atoms with Gasteiger partial charge in [0, 0.05) is 34.6 Å². The van der Waals surface area contributed by atoms with Crippen molar-refractivity contribution in [1.29, 1.82) is 0 Å². The van der Waals surface area contributed by atoms with E-state index in [4.69, 9.17) is 18.3 Å². The van der Waals surface area contributed by atoms with Crippen LogP contribution in [-0.2, 0) is 0 Å². The molecule has 7 nitrogen and oxygen atoms in total. The van der Waals surface area contributed by atoms with Gasteiger partial charge in [-0.3, -0.25) is 4.79 Å². The molecule has 0 saturated carbocycles. The third-order valence-electron chi connectivity index (χ3n) is 5.17. The lowest BCUT2D eigenvalue weighted by Crippen LogP contribution is -2.19. The Morgan fingerprint density at radius 3 is 1.59 bits per heavy atom. The first-order valence-electron chi connectivity index (χ1n) is 10.5. The molecule has 0 spiro atoms. The second-order valence-corrected chi connectivity index (χ2v) is 8.26. The van der Waals surface area contributed by atoms with Crippen LogP contribution in [0.25, 0.3) is 21.5 Å². The number of carbonyl (C=O) groups excluding carboxylic acids is 1. The van der Waals surface area contributed by atoms with Gasteiger partial charge in [-0.15, -0.1) is 0 Å². The van der Waals surface area contributed by atoms with Gasteiger partial charge >= 0.3 is 0 Å². The molecule has 32 heavy (non-hydrogen) atoms. The zero-order valence-electron chi connectivity index (χ0n) is 18.9. The van der Waals surface area contributed by atoms with Crippen LogP contribution in [0.15, 0.2) is 57.8 Å². The summed E-state index contributed by atoms with van der Waals surface area (Å²) in [7, 11) is 7.97. The quantitative estimate of drug-likeness (QED) is 0.344. The van der Waals surface area contributed by atoms with E-state index in [9.17, 15) is 4.79 Å². The Labute approximate surface area is 187 Å². The second-order valence-electron chi connectivity index (χ2n) is 8.26. The molecule has 168 valence electrons. The molecule has 0 aliphatic carbocycles. The van der Waals surface area contributed by atoms with Gasteiger partial charge < -0.3 is 28.1 Å². The first kappa shape index (κ1) is 21.9. The summed E-state index contributed by atoms with van der Waals surface area (Å²) < 4.78 is 23.0. The average molecular weight is 437 g/mol. The summed E-state index contributed by atoms with van der Waals surface area (Å²) in [6, 6.07) is 11.2. The van der Waals surface area contributed by atoms with Gasteiger partial charge in [0.1, 0.15) is 24.7 Å². The van der Waals surface area contributed by atoms with Crippen molar-refractivity contribution in [2.45, 2.75) is 0 Å². The van der Waals surface area contributed by atoms with Crippen molar-refractivity contribution in [3.8, 4) is 11.5 Å². The number of carbonyl (C=O) groups is 1. The Hall–Kier alpha value is -3.29. The summed E-state index contributed by atoms with van der Waals surface area (Å²) in [4.78, 5) is 17.4. The van der Waals surface area contributed by atoms with Gasteiger partial charge in [0.05, 0.1) is 12.5 Å². The number of rotatable bonds is 10. The van der Waals surface area contributed by atoms with E-state index in [1.165, 1.54) is 0 Å². The van der Waals surface area contributed by atoms with Gasteiger partial charge in [-0.1, -0.05) is 0 Å². The fraction of sp³-hybridized carbons (Fsp3) is 0.320. The van der Waals surface area contributed by atoms with Crippen molar-refractivity contribution in [1.82, 2.24) is 9.80 Å². The largest absolute Gasteiger partial charge is 0.492 e. The maximum atomic E-state index is 13.3. The smallest absolute Gasteiger partial charge is 0.264 e. The molecule has 0 aliphatic rings. The number of furan rings is 2. The highest BCUT2D eigenvalue weighted by Crippen LogP contribution is 2.32. The van der Waals surface area contributed by atoms with E-state index in [1.807, 2.05) is 74.4 Å². The first-order chi connectivity index (χ1) is 15.4. The van der Waals surface area contributed by atoms with Crippen molar-refractivity contribution >= 4 is 27.3 Å². The minimum Gasteiger partial charge on any atom is -0.492 e. The predicted molar refractivity (Wildman–Crippen MR) is 124 cm³/mol.